The van der Waals surface area contributed by atoms with Crippen molar-refractivity contribution in [3.63, 3.8) is 0 Å². The van der Waals surface area contributed by atoms with Gasteiger partial charge in [-0.15, -0.1) is 0 Å². The molecule has 0 saturated carbocycles. The fraction of sp³-hybridized carbons (Fsp3) is 1.00. The van der Waals surface area contributed by atoms with Crippen molar-refractivity contribution in [3.8, 4) is 0 Å². The topological polar surface area (TPSA) is 69.6 Å². The molecule has 1 aliphatic rings. The first-order valence-corrected chi connectivity index (χ1v) is 8.00. The molecule has 0 aromatic rings. The summed E-state index contributed by atoms with van der Waals surface area (Å²) in [6.07, 6.45) is 1.48. The average molecular weight is 278 g/mol. The molecule has 0 aromatic carbocycles. The van der Waals surface area contributed by atoms with E-state index >= 15 is 0 Å². The van der Waals surface area contributed by atoms with E-state index in [-0.39, 0.29) is 6.61 Å². The number of aliphatic hydroxyl groups excluding tert-OH is 1. The van der Waals surface area contributed by atoms with Crippen LogP contribution in [0.15, 0.2) is 0 Å². The molecule has 18 heavy (non-hydrogen) atoms. The highest BCUT2D eigenvalue weighted by Gasteiger charge is 2.33. The highest BCUT2D eigenvalue weighted by molar-refractivity contribution is 7.87. The third-order valence-corrected chi connectivity index (χ3v) is 5.11. The van der Waals surface area contributed by atoms with Gasteiger partial charge in [-0.1, -0.05) is 13.8 Å². The van der Waals surface area contributed by atoms with Crippen LogP contribution in [0.2, 0.25) is 0 Å². The van der Waals surface area contributed by atoms with Crippen LogP contribution in [-0.2, 0) is 10.2 Å². The highest BCUT2D eigenvalue weighted by atomic mass is 32.2. The van der Waals surface area contributed by atoms with Gasteiger partial charge in [0.1, 0.15) is 0 Å². The maximum Gasteiger partial charge on any atom is 0.279 e. The van der Waals surface area contributed by atoms with Gasteiger partial charge in [-0.05, 0) is 38.5 Å². The number of piperidine rings is 1. The fourth-order valence-electron chi connectivity index (χ4n) is 2.55. The zero-order chi connectivity index (χ0) is 14.0. The van der Waals surface area contributed by atoms with Crippen molar-refractivity contribution in [2.24, 2.45) is 11.8 Å². The Hall–Kier alpha value is -0.170. The lowest BCUT2D eigenvalue weighted by atomic mass is 9.94. The van der Waals surface area contributed by atoms with Crippen LogP contribution in [0, 0.1) is 11.8 Å². The molecule has 6 heteroatoms. The van der Waals surface area contributed by atoms with Crippen molar-refractivity contribution in [1.82, 2.24) is 9.03 Å². The van der Waals surface area contributed by atoms with Crippen molar-refractivity contribution >= 4 is 10.2 Å². The number of aliphatic hydroxyl groups is 1. The van der Waals surface area contributed by atoms with Gasteiger partial charge in [-0.25, -0.2) is 0 Å². The molecule has 108 valence electrons. The fourth-order valence-corrected chi connectivity index (χ4v) is 4.38. The number of nitrogens with one attached hydrogen (secondary N) is 1. The van der Waals surface area contributed by atoms with Crippen LogP contribution in [0.5, 0.6) is 0 Å². The van der Waals surface area contributed by atoms with Crippen LogP contribution in [0.1, 0.15) is 40.5 Å². The van der Waals surface area contributed by atoms with Gasteiger partial charge in [0, 0.05) is 25.2 Å². The molecule has 0 amide bonds. The summed E-state index contributed by atoms with van der Waals surface area (Å²) >= 11 is 0. The van der Waals surface area contributed by atoms with E-state index in [1.165, 1.54) is 4.31 Å². The van der Waals surface area contributed by atoms with Gasteiger partial charge in [0.25, 0.3) is 10.2 Å². The molecule has 0 spiro atoms. The molecule has 0 bridgehead atoms. The van der Waals surface area contributed by atoms with Crippen LogP contribution in [0.4, 0.5) is 0 Å². The van der Waals surface area contributed by atoms with Gasteiger partial charge in [0.2, 0.25) is 0 Å². The molecule has 1 saturated heterocycles. The molecule has 1 heterocycles. The molecule has 0 aromatic heterocycles. The highest BCUT2D eigenvalue weighted by Crippen LogP contribution is 2.23. The summed E-state index contributed by atoms with van der Waals surface area (Å²) < 4.78 is 28.8. The molecule has 5 nitrogen and oxygen atoms in total. The molecule has 0 aliphatic carbocycles. The van der Waals surface area contributed by atoms with Crippen molar-refractivity contribution in [1.29, 1.82) is 0 Å². The number of rotatable bonds is 5. The number of hydrogen-bond donors (Lipinski definition) is 2. The third kappa shape index (κ3) is 4.50. The molecular formula is C12H26N2O3S. The molecule has 1 aliphatic heterocycles. The third-order valence-electron chi connectivity index (χ3n) is 3.32. The van der Waals surface area contributed by atoms with Gasteiger partial charge in [-0.2, -0.15) is 17.4 Å². The Balaban J connectivity index is 2.74. The summed E-state index contributed by atoms with van der Waals surface area (Å²) in [5.74, 6) is 0.789. The Morgan fingerprint density at radius 1 is 1.28 bits per heavy atom. The van der Waals surface area contributed by atoms with Gasteiger partial charge in [0.15, 0.2) is 0 Å². The summed E-state index contributed by atoms with van der Waals surface area (Å²) in [6.45, 7) is 8.87. The maximum atomic E-state index is 12.3. The predicted molar refractivity (Wildman–Crippen MR) is 72.4 cm³/mol. The Morgan fingerprint density at radius 3 is 2.22 bits per heavy atom. The predicted octanol–water partition coefficient (Wildman–Crippen LogP) is 0.960. The second kappa shape index (κ2) is 5.86. The van der Waals surface area contributed by atoms with E-state index in [0.29, 0.717) is 31.3 Å². The summed E-state index contributed by atoms with van der Waals surface area (Å²) in [6, 6.07) is 0. The lowest BCUT2D eigenvalue weighted by Crippen LogP contribution is -2.54. The zero-order valence-electron chi connectivity index (χ0n) is 11.8. The summed E-state index contributed by atoms with van der Waals surface area (Å²) in [5, 5.41) is 8.94. The first kappa shape index (κ1) is 15.9. The van der Waals surface area contributed by atoms with Crippen LogP contribution in [0.3, 0.4) is 0 Å². The van der Waals surface area contributed by atoms with Crippen LogP contribution in [0.25, 0.3) is 0 Å². The van der Waals surface area contributed by atoms with Gasteiger partial charge in [0.05, 0.1) is 0 Å². The maximum absolute atomic E-state index is 12.3. The normalized spacial score (nSPS) is 27.4. The van der Waals surface area contributed by atoms with E-state index in [9.17, 15) is 8.42 Å². The first-order chi connectivity index (χ1) is 8.16. The number of hydrogen-bond acceptors (Lipinski definition) is 3. The Morgan fingerprint density at radius 2 is 1.78 bits per heavy atom. The van der Waals surface area contributed by atoms with Crippen LogP contribution < -0.4 is 4.72 Å². The molecule has 2 unspecified atom stereocenters. The van der Waals surface area contributed by atoms with Crippen molar-refractivity contribution in [3.05, 3.63) is 0 Å². The largest absolute Gasteiger partial charge is 0.396 e. The summed E-state index contributed by atoms with van der Waals surface area (Å²) in [4.78, 5) is 0. The monoisotopic (exact) mass is 278 g/mol. The summed E-state index contributed by atoms with van der Waals surface area (Å²) in [7, 11) is -3.46. The smallest absolute Gasteiger partial charge is 0.279 e. The Kier molecular flexibility index (Phi) is 5.17. The molecule has 1 rings (SSSR count). The SMILES string of the molecule is CC1CC(C)CN(S(=O)(=O)NC(C)(C)CCO)C1. The first-order valence-electron chi connectivity index (χ1n) is 6.56. The minimum absolute atomic E-state index is 0.0255. The number of nitrogens with zero attached hydrogens (tertiary/aromatic N) is 1. The zero-order valence-corrected chi connectivity index (χ0v) is 12.6. The molecule has 1 fully saturated rings. The second-order valence-corrected chi connectivity index (χ2v) is 7.90. The molecule has 0 radical (unpaired) electrons. The van der Waals surface area contributed by atoms with E-state index < -0.39 is 15.7 Å². The lowest BCUT2D eigenvalue weighted by Gasteiger charge is -2.36. The van der Waals surface area contributed by atoms with Crippen LogP contribution >= 0.6 is 0 Å². The van der Waals surface area contributed by atoms with Gasteiger partial charge >= 0.3 is 0 Å². The molecule has 2 N–H and O–H groups in total. The Labute approximate surface area is 111 Å². The van der Waals surface area contributed by atoms with E-state index in [1.54, 1.807) is 13.8 Å². The van der Waals surface area contributed by atoms with Gasteiger partial charge in [-0.3, -0.25) is 0 Å². The van der Waals surface area contributed by atoms with E-state index in [0.717, 1.165) is 6.42 Å². The van der Waals surface area contributed by atoms with E-state index in [1.807, 2.05) is 0 Å². The minimum Gasteiger partial charge on any atom is -0.396 e. The standard InChI is InChI=1S/C12H26N2O3S/c1-10-7-11(2)9-14(8-10)18(16,17)13-12(3,4)5-6-15/h10-11,13,15H,5-9H2,1-4H3. The molecular weight excluding hydrogens is 252 g/mol. The van der Waals surface area contributed by atoms with E-state index in [2.05, 4.69) is 18.6 Å². The van der Waals surface area contributed by atoms with Crippen molar-refractivity contribution in [2.45, 2.75) is 46.1 Å². The molecule has 2 atom stereocenters. The van der Waals surface area contributed by atoms with Crippen LogP contribution in [-0.4, -0.2) is 43.1 Å². The van der Waals surface area contributed by atoms with Crippen molar-refractivity contribution < 1.29 is 13.5 Å². The van der Waals surface area contributed by atoms with Crippen molar-refractivity contribution in [2.75, 3.05) is 19.7 Å². The van der Waals surface area contributed by atoms with E-state index in [4.69, 9.17) is 5.11 Å². The Bertz CT molecular complexity index is 358. The minimum atomic E-state index is -3.46. The van der Waals surface area contributed by atoms with Gasteiger partial charge < -0.3 is 5.11 Å². The lowest BCUT2D eigenvalue weighted by molar-refractivity contribution is 0.212. The average Bonchev–Trinajstić information content (AvgIpc) is 2.13. The summed E-state index contributed by atoms with van der Waals surface area (Å²) in [5.41, 5.74) is -0.614. The second-order valence-electron chi connectivity index (χ2n) is 6.23. The quantitative estimate of drug-likeness (QED) is 0.787.